The van der Waals surface area contributed by atoms with E-state index in [2.05, 4.69) is 29.8 Å². The molecule has 1 heterocycles. The Balaban J connectivity index is 2.08. The van der Waals surface area contributed by atoms with Crippen molar-refractivity contribution in [1.82, 2.24) is 0 Å². The highest BCUT2D eigenvalue weighted by Crippen LogP contribution is 2.31. The summed E-state index contributed by atoms with van der Waals surface area (Å²) < 4.78 is 11.8. The molecule has 0 bridgehead atoms. The topological polar surface area (TPSA) is 35.5 Å². The summed E-state index contributed by atoms with van der Waals surface area (Å²) in [7, 11) is 0. The number of cyclic esters (lactones) is 1. The van der Waals surface area contributed by atoms with Gasteiger partial charge in [-0.3, -0.25) is 0 Å². The molecule has 1 aromatic carbocycles. The SMILES string of the molecule is CC(C)CC1OC(c2cccc(Br)c2)OC1=O. The first kappa shape index (κ1) is 12.6. The van der Waals surface area contributed by atoms with Gasteiger partial charge in [-0.25, -0.2) is 4.79 Å². The zero-order valence-corrected chi connectivity index (χ0v) is 11.4. The summed E-state index contributed by atoms with van der Waals surface area (Å²) in [4.78, 5) is 11.6. The van der Waals surface area contributed by atoms with Crippen LogP contribution in [0.1, 0.15) is 32.1 Å². The monoisotopic (exact) mass is 298 g/mol. The largest absolute Gasteiger partial charge is 0.429 e. The number of esters is 1. The number of hydrogen-bond acceptors (Lipinski definition) is 3. The standard InChI is InChI=1S/C13H15BrO3/c1-8(2)6-11-12(15)17-13(16-11)9-4-3-5-10(14)7-9/h3-5,7-8,11,13H,6H2,1-2H3. The van der Waals surface area contributed by atoms with E-state index in [0.717, 1.165) is 10.0 Å². The molecule has 1 aromatic rings. The van der Waals surface area contributed by atoms with E-state index in [9.17, 15) is 4.79 Å². The fourth-order valence-corrected chi connectivity index (χ4v) is 2.21. The smallest absolute Gasteiger partial charge is 0.338 e. The van der Waals surface area contributed by atoms with Crippen LogP contribution in [0.15, 0.2) is 28.7 Å². The van der Waals surface area contributed by atoms with Crippen LogP contribution in [0.2, 0.25) is 0 Å². The molecule has 0 aliphatic carbocycles. The van der Waals surface area contributed by atoms with Crippen molar-refractivity contribution in [3.05, 3.63) is 34.3 Å². The molecule has 2 atom stereocenters. The summed E-state index contributed by atoms with van der Waals surface area (Å²) in [5.74, 6) is 0.150. The van der Waals surface area contributed by atoms with Crippen molar-refractivity contribution in [2.75, 3.05) is 0 Å². The Labute approximate surface area is 109 Å². The van der Waals surface area contributed by atoms with E-state index in [4.69, 9.17) is 9.47 Å². The molecule has 0 saturated carbocycles. The molecule has 17 heavy (non-hydrogen) atoms. The summed E-state index contributed by atoms with van der Waals surface area (Å²) in [6.45, 7) is 4.12. The van der Waals surface area contributed by atoms with Crippen LogP contribution in [0, 0.1) is 5.92 Å². The van der Waals surface area contributed by atoms with Gasteiger partial charge in [-0.2, -0.15) is 0 Å². The fraction of sp³-hybridized carbons (Fsp3) is 0.462. The number of hydrogen-bond donors (Lipinski definition) is 0. The zero-order valence-electron chi connectivity index (χ0n) is 9.85. The lowest BCUT2D eigenvalue weighted by Gasteiger charge is -2.11. The van der Waals surface area contributed by atoms with Crippen molar-refractivity contribution in [3.8, 4) is 0 Å². The lowest BCUT2D eigenvalue weighted by molar-refractivity contribution is -0.144. The molecule has 2 unspecified atom stereocenters. The van der Waals surface area contributed by atoms with Crippen LogP contribution in [-0.4, -0.2) is 12.1 Å². The van der Waals surface area contributed by atoms with Gasteiger partial charge in [0, 0.05) is 10.0 Å². The molecular weight excluding hydrogens is 284 g/mol. The summed E-state index contributed by atoms with van der Waals surface area (Å²) >= 11 is 3.38. The summed E-state index contributed by atoms with van der Waals surface area (Å²) in [5, 5.41) is 0. The molecule has 0 spiro atoms. The number of benzene rings is 1. The van der Waals surface area contributed by atoms with Gasteiger partial charge in [0.2, 0.25) is 6.29 Å². The minimum absolute atomic E-state index is 0.260. The minimum atomic E-state index is -0.566. The molecule has 0 radical (unpaired) electrons. The van der Waals surface area contributed by atoms with Crippen molar-refractivity contribution in [1.29, 1.82) is 0 Å². The maximum atomic E-state index is 11.6. The molecule has 0 N–H and O–H groups in total. The van der Waals surface area contributed by atoms with Crippen LogP contribution in [0.4, 0.5) is 0 Å². The predicted octanol–water partition coefficient (Wildman–Crippen LogP) is 3.44. The lowest BCUT2D eigenvalue weighted by atomic mass is 10.1. The average molecular weight is 299 g/mol. The first-order chi connectivity index (χ1) is 8.06. The molecule has 4 heteroatoms. The molecule has 1 aliphatic heterocycles. The van der Waals surface area contributed by atoms with Gasteiger partial charge in [-0.1, -0.05) is 41.9 Å². The van der Waals surface area contributed by atoms with Gasteiger partial charge in [0.25, 0.3) is 0 Å². The number of ether oxygens (including phenoxy) is 2. The van der Waals surface area contributed by atoms with Crippen LogP contribution < -0.4 is 0 Å². The normalized spacial score (nSPS) is 24.1. The molecule has 1 saturated heterocycles. The van der Waals surface area contributed by atoms with Crippen LogP contribution >= 0.6 is 15.9 Å². The fourth-order valence-electron chi connectivity index (χ4n) is 1.79. The van der Waals surface area contributed by atoms with Gasteiger partial charge in [-0.15, -0.1) is 0 Å². The third-order valence-electron chi connectivity index (χ3n) is 2.58. The van der Waals surface area contributed by atoms with E-state index >= 15 is 0 Å². The zero-order chi connectivity index (χ0) is 12.4. The molecule has 92 valence electrons. The molecule has 1 fully saturated rings. The Morgan fingerprint density at radius 2 is 2.18 bits per heavy atom. The van der Waals surface area contributed by atoms with Gasteiger partial charge in [-0.05, 0) is 24.5 Å². The minimum Gasteiger partial charge on any atom is -0.429 e. The van der Waals surface area contributed by atoms with E-state index in [1.54, 1.807) is 0 Å². The maximum absolute atomic E-state index is 11.6. The molecule has 3 nitrogen and oxygen atoms in total. The maximum Gasteiger partial charge on any atom is 0.338 e. The second-order valence-corrected chi connectivity index (χ2v) is 5.49. The van der Waals surface area contributed by atoms with Crippen molar-refractivity contribution >= 4 is 21.9 Å². The van der Waals surface area contributed by atoms with Gasteiger partial charge < -0.3 is 9.47 Å². The first-order valence-electron chi connectivity index (χ1n) is 5.67. The van der Waals surface area contributed by atoms with Gasteiger partial charge in [0.15, 0.2) is 6.10 Å². The predicted molar refractivity (Wildman–Crippen MR) is 67.3 cm³/mol. The van der Waals surface area contributed by atoms with Gasteiger partial charge in [0.05, 0.1) is 0 Å². The van der Waals surface area contributed by atoms with E-state index in [0.29, 0.717) is 12.3 Å². The Morgan fingerprint density at radius 3 is 2.82 bits per heavy atom. The Morgan fingerprint density at radius 1 is 1.41 bits per heavy atom. The van der Waals surface area contributed by atoms with Crippen LogP contribution in [0.5, 0.6) is 0 Å². The molecule has 1 aliphatic rings. The second-order valence-electron chi connectivity index (χ2n) is 4.58. The first-order valence-corrected chi connectivity index (χ1v) is 6.47. The van der Waals surface area contributed by atoms with Crippen molar-refractivity contribution in [2.24, 2.45) is 5.92 Å². The highest BCUT2D eigenvalue weighted by atomic mass is 79.9. The van der Waals surface area contributed by atoms with Crippen molar-refractivity contribution in [2.45, 2.75) is 32.7 Å². The van der Waals surface area contributed by atoms with Gasteiger partial charge >= 0.3 is 5.97 Å². The third-order valence-corrected chi connectivity index (χ3v) is 3.07. The number of carbonyl (C=O) groups is 1. The van der Waals surface area contributed by atoms with E-state index in [-0.39, 0.29) is 5.97 Å². The van der Waals surface area contributed by atoms with Crippen LogP contribution in [0.3, 0.4) is 0 Å². The second kappa shape index (κ2) is 5.19. The summed E-state index contributed by atoms with van der Waals surface area (Å²) in [5.41, 5.74) is 0.860. The summed E-state index contributed by atoms with van der Waals surface area (Å²) in [6, 6.07) is 7.61. The Kier molecular flexibility index (Phi) is 3.84. The number of carbonyl (C=O) groups excluding carboxylic acids is 1. The van der Waals surface area contributed by atoms with Crippen LogP contribution in [0.25, 0.3) is 0 Å². The van der Waals surface area contributed by atoms with Crippen LogP contribution in [-0.2, 0) is 14.3 Å². The van der Waals surface area contributed by atoms with Crippen molar-refractivity contribution < 1.29 is 14.3 Å². The van der Waals surface area contributed by atoms with E-state index in [1.165, 1.54) is 0 Å². The molecule has 0 aromatic heterocycles. The van der Waals surface area contributed by atoms with E-state index in [1.807, 2.05) is 24.3 Å². The highest BCUT2D eigenvalue weighted by Gasteiger charge is 2.36. The summed E-state index contributed by atoms with van der Waals surface area (Å²) in [6.07, 6.45) is -0.300. The number of halogens is 1. The molecular formula is C13H15BrO3. The Bertz CT molecular complexity index is 417. The van der Waals surface area contributed by atoms with E-state index < -0.39 is 12.4 Å². The molecule has 2 rings (SSSR count). The lowest BCUT2D eigenvalue weighted by Crippen LogP contribution is -2.18. The highest BCUT2D eigenvalue weighted by molar-refractivity contribution is 9.10. The Hall–Kier alpha value is -0.870. The van der Waals surface area contributed by atoms with Gasteiger partial charge in [0.1, 0.15) is 0 Å². The quantitative estimate of drug-likeness (QED) is 0.802. The average Bonchev–Trinajstić information content (AvgIpc) is 2.59. The third kappa shape index (κ3) is 3.07. The molecule has 0 amide bonds. The van der Waals surface area contributed by atoms with Crippen molar-refractivity contribution in [3.63, 3.8) is 0 Å². The number of rotatable bonds is 3.